The second-order valence-corrected chi connectivity index (χ2v) is 6.27. The number of fused-ring (bicyclic) bond motifs is 2. The molecule has 0 spiro atoms. The first kappa shape index (κ1) is 17.5. The summed E-state index contributed by atoms with van der Waals surface area (Å²) in [6.45, 7) is 12.7. The highest BCUT2D eigenvalue weighted by atomic mass is 16.3. The Morgan fingerprint density at radius 2 is 1.80 bits per heavy atom. The van der Waals surface area contributed by atoms with Crippen LogP contribution in [0, 0.1) is 0 Å². The Kier molecular flexibility index (Phi) is 5.37. The first-order chi connectivity index (χ1) is 12.2. The van der Waals surface area contributed by atoms with E-state index in [0.717, 1.165) is 55.2 Å². The van der Waals surface area contributed by atoms with Crippen molar-refractivity contribution >= 4 is 16.8 Å². The van der Waals surface area contributed by atoms with Crippen molar-refractivity contribution in [1.82, 2.24) is 9.56 Å². The van der Waals surface area contributed by atoms with Crippen molar-refractivity contribution in [3.05, 3.63) is 41.8 Å². The predicted octanol–water partition coefficient (Wildman–Crippen LogP) is 3.98. The molecular weight excluding hydrogens is 310 g/mol. The molecule has 0 saturated carbocycles. The summed E-state index contributed by atoms with van der Waals surface area (Å²) in [7, 11) is 0. The van der Waals surface area contributed by atoms with Gasteiger partial charge in [0.05, 0.1) is 6.07 Å². The standard InChI is InChI=1S/C21H28N3O/c1-5-13-24(8-4)17-10-12-19-21(15-17)25-20-14-16(23(6-2)7-3)9-11-18(20)22-19/h9-12,14-15H,5-8,13H2,1-4H3/q+1. The second kappa shape index (κ2) is 7.68. The molecule has 1 aromatic carbocycles. The Balaban J connectivity index is 2.16. The van der Waals surface area contributed by atoms with Crippen LogP contribution in [0.1, 0.15) is 34.1 Å². The fourth-order valence-electron chi connectivity index (χ4n) is 3.32. The first-order valence-corrected chi connectivity index (χ1v) is 9.37. The largest absolute Gasteiger partial charge is 0.452 e. The van der Waals surface area contributed by atoms with E-state index < -0.39 is 0 Å². The molecule has 25 heavy (non-hydrogen) atoms. The molecule has 0 atom stereocenters. The maximum absolute atomic E-state index is 6.22. The van der Waals surface area contributed by atoms with Gasteiger partial charge in [-0.05, 0) is 39.0 Å². The monoisotopic (exact) mass is 338 g/mol. The molecule has 1 aromatic rings. The van der Waals surface area contributed by atoms with E-state index in [1.165, 1.54) is 11.0 Å². The van der Waals surface area contributed by atoms with Crippen LogP contribution < -0.4 is 14.8 Å². The van der Waals surface area contributed by atoms with Gasteiger partial charge < -0.3 is 9.32 Å². The minimum Gasteiger partial charge on any atom is -0.452 e. The molecule has 2 aliphatic rings. The lowest BCUT2D eigenvalue weighted by Crippen LogP contribution is -2.30. The molecule has 0 fully saturated rings. The van der Waals surface area contributed by atoms with E-state index in [-0.39, 0.29) is 0 Å². The van der Waals surface area contributed by atoms with Gasteiger partial charge in [0, 0.05) is 37.3 Å². The Labute approximate surface area is 149 Å². The van der Waals surface area contributed by atoms with Gasteiger partial charge in [0.2, 0.25) is 5.36 Å². The van der Waals surface area contributed by atoms with Gasteiger partial charge in [-0.1, -0.05) is 6.92 Å². The third-order valence-electron chi connectivity index (χ3n) is 4.72. The second-order valence-electron chi connectivity index (χ2n) is 6.27. The number of rotatable bonds is 6. The highest BCUT2D eigenvalue weighted by molar-refractivity contribution is 5.80. The van der Waals surface area contributed by atoms with Crippen molar-refractivity contribution in [2.45, 2.75) is 34.1 Å². The average molecular weight is 338 g/mol. The molecule has 132 valence electrons. The number of benzene rings is 2. The summed E-state index contributed by atoms with van der Waals surface area (Å²) in [5, 5.41) is 1.20. The number of hydrogen-bond donors (Lipinski definition) is 0. The zero-order valence-corrected chi connectivity index (χ0v) is 15.7. The topological polar surface area (TPSA) is 32.3 Å². The van der Waals surface area contributed by atoms with E-state index in [4.69, 9.17) is 9.40 Å². The fraction of sp³-hybridized carbons (Fsp3) is 0.429. The van der Waals surface area contributed by atoms with Crippen LogP contribution in [-0.4, -0.2) is 31.2 Å². The van der Waals surface area contributed by atoms with Crippen LogP contribution in [0.2, 0.25) is 0 Å². The van der Waals surface area contributed by atoms with E-state index in [0.29, 0.717) is 0 Å². The molecule has 0 amide bonds. The van der Waals surface area contributed by atoms with Crippen LogP contribution in [-0.2, 0) is 0 Å². The maximum Gasteiger partial charge on any atom is 0.203 e. The normalized spacial score (nSPS) is 12.6. The molecule has 0 radical (unpaired) electrons. The van der Waals surface area contributed by atoms with Gasteiger partial charge >= 0.3 is 0 Å². The molecular formula is C21H28N3O+. The molecule has 3 rings (SSSR count). The number of nitrogens with zero attached hydrogens (tertiary/aromatic N) is 3. The summed E-state index contributed by atoms with van der Waals surface area (Å²) in [4.78, 5) is 7.09. The Hall–Kier alpha value is -2.36. The van der Waals surface area contributed by atoms with Gasteiger partial charge in [-0.2, -0.15) is 0 Å². The van der Waals surface area contributed by atoms with Crippen LogP contribution in [0.3, 0.4) is 0 Å². The zero-order chi connectivity index (χ0) is 17.8. The van der Waals surface area contributed by atoms with E-state index in [2.05, 4.69) is 73.6 Å². The summed E-state index contributed by atoms with van der Waals surface area (Å²) in [6.07, 6.45) is 1.13. The molecule has 4 nitrogen and oxygen atoms in total. The highest BCUT2D eigenvalue weighted by Crippen LogP contribution is 2.26. The van der Waals surface area contributed by atoms with Gasteiger partial charge in [-0.25, -0.2) is 9.56 Å². The molecule has 4 heteroatoms. The summed E-state index contributed by atoms with van der Waals surface area (Å²) in [6, 6.07) is 12.6. The Morgan fingerprint density at radius 3 is 2.48 bits per heavy atom. The molecule has 1 aliphatic carbocycles. The average Bonchev–Trinajstić information content (AvgIpc) is 2.65. The number of anilines is 1. The van der Waals surface area contributed by atoms with Crippen molar-refractivity contribution in [3.63, 3.8) is 0 Å². The predicted molar refractivity (Wildman–Crippen MR) is 105 cm³/mol. The van der Waals surface area contributed by atoms with Gasteiger partial charge in [-0.15, -0.1) is 0 Å². The highest BCUT2D eigenvalue weighted by Gasteiger charge is 2.13. The minimum absolute atomic E-state index is 0.840. The minimum atomic E-state index is 0.840. The van der Waals surface area contributed by atoms with E-state index in [9.17, 15) is 0 Å². The van der Waals surface area contributed by atoms with Crippen molar-refractivity contribution in [2.24, 2.45) is 0 Å². The molecule has 1 aliphatic heterocycles. The molecule has 0 unspecified atom stereocenters. The summed E-state index contributed by atoms with van der Waals surface area (Å²) in [5.41, 5.74) is 3.82. The molecule has 0 saturated heterocycles. The molecule has 0 bridgehead atoms. The van der Waals surface area contributed by atoms with E-state index in [1.807, 2.05) is 0 Å². The van der Waals surface area contributed by atoms with Gasteiger partial charge in [-0.3, -0.25) is 0 Å². The van der Waals surface area contributed by atoms with Crippen LogP contribution in [0.4, 0.5) is 5.69 Å². The van der Waals surface area contributed by atoms with E-state index >= 15 is 0 Å². The summed E-state index contributed by atoms with van der Waals surface area (Å²) < 4.78 is 8.59. The Morgan fingerprint density at radius 1 is 1.00 bits per heavy atom. The lowest BCUT2D eigenvalue weighted by atomic mass is 10.2. The van der Waals surface area contributed by atoms with Gasteiger partial charge in [0.1, 0.15) is 24.3 Å². The zero-order valence-electron chi connectivity index (χ0n) is 15.7. The van der Waals surface area contributed by atoms with Crippen LogP contribution in [0.25, 0.3) is 22.6 Å². The van der Waals surface area contributed by atoms with Crippen LogP contribution >= 0.6 is 0 Å². The maximum atomic E-state index is 6.22. The van der Waals surface area contributed by atoms with Crippen molar-refractivity contribution in [3.8, 4) is 11.5 Å². The van der Waals surface area contributed by atoms with Crippen molar-refractivity contribution < 1.29 is 4.42 Å². The Bertz CT molecular complexity index is 893. The number of hydrogen-bond acceptors (Lipinski definition) is 3. The molecule has 0 N–H and O–H groups in total. The number of aromatic nitrogens is 1. The van der Waals surface area contributed by atoms with Gasteiger partial charge in [0.25, 0.3) is 0 Å². The SMILES string of the molecule is CCC[N+](CC)=c1ccc2nc3ccc(N(CC)CC)cc3oc-2c1. The lowest BCUT2D eigenvalue weighted by Gasteiger charge is -2.21. The fourth-order valence-corrected chi connectivity index (χ4v) is 3.32. The molecule has 0 aromatic heterocycles. The quantitative estimate of drug-likeness (QED) is 0.503. The first-order valence-electron chi connectivity index (χ1n) is 9.37. The van der Waals surface area contributed by atoms with Crippen molar-refractivity contribution in [1.29, 1.82) is 0 Å². The van der Waals surface area contributed by atoms with Gasteiger partial charge in [0.15, 0.2) is 11.3 Å². The van der Waals surface area contributed by atoms with Crippen molar-refractivity contribution in [2.75, 3.05) is 31.1 Å². The third-order valence-corrected chi connectivity index (χ3v) is 4.72. The van der Waals surface area contributed by atoms with Crippen LogP contribution in [0.5, 0.6) is 0 Å². The molecule has 1 heterocycles. The lowest BCUT2D eigenvalue weighted by molar-refractivity contribution is 0.579. The third kappa shape index (κ3) is 3.53. The smallest absolute Gasteiger partial charge is 0.203 e. The van der Waals surface area contributed by atoms with Crippen LogP contribution in [0.15, 0.2) is 40.8 Å². The van der Waals surface area contributed by atoms with E-state index in [1.54, 1.807) is 0 Å². The summed E-state index contributed by atoms with van der Waals surface area (Å²) >= 11 is 0. The summed E-state index contributed by atoms with van der Waals surface area (Å²) in [5.74, 6) is 0.844.